The summed E-state index contributed by atoms with van der Waals surface area (Å²) in [6.45, 7) is 7.67. The minimum atomic E-state index is -0.467. The van der Waals surface area contributed by atoms with Crippen LogP contribution in [-0.4, -0.2) is 42.1 Å². The van der Waals surface area contributed by atoms with Crippen molar-refractivity contribution in [1.29, 1.82) is 0 Å². The number of carbonyl (C=O) groups excluding carboxylic acids is 2. The number of rotatable bonds is 4. The van der Waals surface area contributed by atoms with Crippen LogP contribution >= 0.6 is 0 Å². The van der Waals surface area contributed by atoms with E-state index in [-0.39, 0.29) is 17.9 Å². The topological polar surface area (TPSA) is 58.6 Å². The van der Waals surface area contributed by atoms with Crippen molar-refractivity contribution in [2.75, 3.05) is 19.6 Å². The average molecular weight is 351 g/mol. The fourth-order valence-electron chi connectivity index (χ4n) is 4.91. The van der Waals surface area contributed by atoms with Crippen LogP contribution in [0.5, 0.6) is 0 Å². The Hall–Kier alpha value is -1.26. The molecule has 0 spiro atoms. The molecule has 3 fully saturated rings. The van der Waals surface area contributed by atoms with Crippen LogP contribution in [0.15, 0.2) is 0 Å². The van der Waals surface area contributed by atoms with Crippen LogP contribution in [-0.2, 0) is 9.53 Å². The van der Waals surface area contributed by atoms with E-state index >= 15 is 0 Å². The number of hydrogen-bond donors (Lipinski definition) is 1. The van der Waals surface area contributed by atoms with Gasteiger partial charge in [-0.05, 0) is 77.0 Å². The lowest BCUT2D eigenvalue weighted by molar-refractivity contribution is -0.126. The Morgan fingerprint density at radius 3 is 2.36 bits per heavy atom. The Labute approximate surface area is 151 Å². The molecule has 2 amide bonds. The summed E-state index contributed by atoms with van der Waals surface area (Å²) in [5.41, 5.74) is -0.467. The van der Waals surface area contributed by atoms with E-state index in [1.807, 2.05) is 20.8 Å². The van der Waals surface area contributed by atoms with Crippen LogP contribution in [0.4, 0.5) is 4.79 Å². The molecule has 3 unspecified atom stereocenters. The SMILES string of the molecule is CC(C)(C)OC(=O)N1CCC(C(=O)NCCC2CC3CCC2C3)CC1. The van der Waals surface area contributed by atoms with Crippen LogP contribution in [0, 0.1) is 23.7 Å². The van der Waals surface area contributed by atoms with Gasteiger partial charge in [0.1, 0.15) is 5.60 Å². The lowest BCUT2D eigenvalue weighted by Gasteiger charge is -2.33. The molecule has 0 radical (unpaired) electrons. The van der Waals surface area contributed by atoms with E-state index in [9.17, 15) is 9.59 Å². The Bertz CT molecular complexity index is 492. The third kappa shape index (κ3) is 4.89. The molecule has 0 aromatic carbocycles. The van der Waals surface area contributed by atoms with E-state index < -0.39 is 5.60 Å². The predicted octanol–water partition coefficient (Wildman–Crippen LogP) is 3.58. The van der Waals surface area contributed by atoms with Crippen molar-refractivity contribution in [3.8, 4) is 0 Å². The van der Waals surface area contributed by atoms with Gasteiger partial charge in [0.2, 0.25) is 5.91 Å². The van der Waals surface area contributed by atoms with Crippen LogP contribution in [0.25, 0.3) is 0 Å². The molecule has 25 heavy (non-hydrogen) atoms. The van der Waals surface area contributed by atoms with Gasteiger partial charge in [0, 0.05) is 25.6 Å². The van der Waals surface area contributed by atoms with Gasteiger partial charge in [0.15, 0.2) is 0 Å². The minimum Gasteiger partial charge on any atom is -0.444 e. The summed E-state index contributed by atoms with van der Waals surface area (Å²) in [7, 11) is 0. The van der Waals surface area contributed by atoms with Crippen molar-refractivity contribution in [2.45, 2.75) is 71.3 Å². The Balaban J connectivity index is 1.33. The monoisotopic (exact) mass is 350 g/mol. The Morgan fingerprint density at radius 2 is 1.80 bits per heavy atom. The predicted molar refractivity (Wildman–Crippen MR) is 97.1 cm³/mol. The summed E-state index contributed by atoms with van der Waals surface area (Å²) in [5.74, 6) is 2.96. The van der Waals surface area contributed by atoms with Gasteiger partial charge in [0.25, 0.3) is 0 Å². The molecule has 3 rings (SSSR count). The van der Waals surface area contributed by atoms with E-state index in [2.05, 4.69) is 5.32 Å². The molecular weight excluding hydrogens is 316 g/mol. The maximum Gasteiger partial charge on any atom is 0.410 e. The summed E-state index contributed by atoms with van der Waals surface area (Å²) in [4.78, 5) is 26.2. The highest BCUT2D eigenvalue weighted by molar-refractivity contribution is 5.79. The second kappa shape index (κ2) is 7.55. The van der Waals surface area contributed by atoms with Gasteiger partial charge in [-0.2, -0.15) is 0 Å². The largest absolute Gasteiger partial charge is 0.444 e. The second-order valence-electron chi connectivity index (χ2n) is 9.26. The molecule has 3 atom stereocenters. The number of amides is 2. The molecule has 3 aliphatic rings. The maximum absolute atomic E-state index is 12.4. The van der Waals surface area contributed by atoms with Gasteiger partial charge >= 0.3 is 6.09 Å². The molecule has 1 N–H and O–H groups in total. The van der Waals surface area contributed by atoms with Crippen LogP contribution < -0.4 is 5.32 Å². The number of likely N-dealkylation sites (tertiary alicyclic amines) is 1. The standard InChI is InChI=1S/C20H34N2O3/c1-20(2,3)25-19(24)22-10-7-15(8-11-22)18(23)21-9-6-17-13-14-4-5-16(17)12-14/h14-17H,4-13H2,1-3H3,(H,21,23). The van der Waals surface area contributed by atoms with Crippen molar-refractivity contribution in [3.05, 3.63) is 0 Å². The van der Waals surface area contributed by atoms with Crippen molar-refractivity contribution in [1.82, 2.24) is 10.2 Å². The number of fused-ring (bicyclic) bond motifs is 2. The number of carbonyl (C=O) groups is 2. The molecule has 0 aromatic rings. The van der Waals surface area contributed by atoms with Crippen LogP contribution in [0.3, 0.4) is 0 Å². The normalized spacial score (nSPS) is 29.7. The molecule has 5 heteroatoms. The maximum atomic E-state index is 12.4. The molecular formula is C20H34N2O3. The lowest BCUT2D eigenvalue weighted by Crippen LogP contribution is -2.45. The molecule has 1 aliphatic heterocycles. The molecule has 142 valence electrons. The van der Waals surface area contributed by atoms with Crippen LogP contribution in [0.1, 0.15) is 65.7 Å². The summed E-state index contributed by atoms with van der Waals surface area (Å²) >= 11 is 0. The first-order valence-electron chi connectivity index (χ1n) is 10.1. The first kappa shape index (κ1) is 18.5. The first-order chi connectivity index (χ1) is 11.8. The average Bonchev–Trinajstić information content (AvgIpc) is 3.16. The van der Waals surface area contributed by atoms with Crippen molar-refractivity contribution >= 4 is 12.0 Å². The Kier molecular flexibility index (Phi) is 5.59. The Morgan fingerprint density at radius 1 is 1.08 bits per heavy atom. The minimum absolute atomic E-state index is 0.0405. The quantitative estimate of drug-likeness (QED) is 0.843. The third-order valence-electron chi connectivity index (χ3n) is 6.22. The highest BCUT2D eigenvalue weighted by Crippen LogP contribution is 2.49. The zero-order valence-corrected chi connectivity index (χ0v) is 16.1. The smallest absolute Gasteiger partial charge is 0.410 e. The number of nitrogens with zero attached hydrogens (tertiary/aromatic N) is 1. The molecule has 1 heterocycles. The fraction of sp³-hybridized carbons (Fsp3) is 0.900. The number of piperidine rings is 1. The van der Waals surface area contributed by atoms with Crippen molar-refractivity contribution in [2.24, 2.45) is 23.7 Å². The van der Waals surface area contributed by atoms with E-state index in [0.29, 0.717) is 13.1 Å². The second-order valence-corrected chi connectivity index (χ2v) is 9.26. The van der Waals surface area contributed by atoms with E-state index in [1.54, 1.807) is 4.90 Å². The van der Waals surface area contributed by atoms with Gasteiger partial charge in [-0.1, -0.05) is 6.42 Å². The number of hydrogen-bond acceptors (Lipinski definition) is 3. The lowest BCUT2D eigenvalue weighted by atomic mass is 9.86. The highest BCUT2D eigenvalue weighted by atomic mass is 16.6. The summed E-state index contributed by atoms with van der Waals surface area (Å²) in [6.07, 6.45) is 8.01. The molecule has 2 saturated carbocycles. The van der Waals surface area contributed by atoms with Gasteiger partial charge in [-0.15, -0.1) is 0 Å². The number of nitrogens with one attached hydrogen (secondary N) is 1. The fourth-order valence-corrected chi connectivity index (χ4v) is 4.91. The third-order valence-corrected chi connectivity index (χ3v) is 6.22. The zero-order chi connectivity index (χ0) is 18.0. The van der Waals surface area contributed by atoms with Gasteiger partial charge in [0.05, 0.1) is 0 Å². The van der Waals surface area contributed by atoms with Gasteiger partial charge in [-0.25, -0.2) is 4.79 Å². The van der Waals surface area contributed by atoms with Gasteiger partial charge < -0.3 is 15.0 Å². The molecule has 5 nitrogen and oxygen atoms in total. The zero-order valence-electron chi connectivity index (χ0n) is 16.1. The van der Waals surface area contributed by atoms with E-state index in [1.165, 1.54) is 25.7 Å². The van der Waals surface area contributed by atoms with Crippen molar-refractivity contribution in [3.63, 3.8) is 0 Å². The van der Waals surface area contributed by atoms with Crippen LogP contribution in [0.2, 0.25) is 0 Å². The summed E-state index contributed by atoms with van der Waals surface area (Å²) in [6, 6.07) is 0. The van der Waals surface area contributed by atoms with Crippen molar-refractivity contribution < 1.29 is 14.3 Å². The van der Waals surface area contributed by atoms with E-state index in [4.69, 9.17) is 4.74 Å². The highest BCUT2D eigenvalue weighted by Gasteiger charge is 2.39. The van der Waals surface area contributed by atoms with Gasteiger partial charge in [-0.3, -0.25) is 4.79 Å². The van der Waals surface area contributed by atoms with E-state index in [0.717, 1.165) is 43.6 Å². The summed E-state index contributed by atoms with van der Waals surface area (Å²) in [5, 5.41) is 3.15. The first-order valence-corrected chi connectivity index (χ1v) is 10.1. The number of ether oxygens (including phenoxy) is 1. The molecule has 2 bridgehead atoms. The molecule has 2 aliphatic carbocycles. The summed E-state index contributed by atoms with van der Waals surface area (Å²) < 4.78 is 5.41. The molecule has 0 aromatic heterocycles. The molecule has 1 saturated heterocycles.